The van der Waals surface area contributed by atoms with E-state index in [9.17, 15) is 9.90 Å². The molecule has 5 nitrogen and oxygen atoms in total. The monoisotopic (exact) mass is 204 g/mol. The molecule has 0 aromatic carbocycles. The summed E-state index contributed by atoms with van der Waals surface area (Å²) >= 11 is 0. The molecule has 0 rings (SSSR count). The van der Waals surface area contributed by atoms with E-state index in [1.807, 2.05) is 6.92 Å². The number of aliphatic hydroxyl groups excluding tert-OH is 1. The van der Waals surface area contributed by atoms with Crippen LogP contribution in [0.1, 0.15) is 19.8 Å². The largest absolute Gasteiger partial charge is 0.393 e. The molecule has 5 heteroatoms. The number of nitrogens with two attached hydrogens (primary N) is 1. The molecule has 0 aliphatic carbocycles. The van der Waals surface area contributed by atoms with Gasteiger partial charge in [-0.15, -0.1) is 0 Å². The average molecular weight is 204 g/mol. The van der Waals surface area contributed by atoms with Gasteiger partial charge in [0.15, 0.2) is 0 Å². The van der Waals surface area contributed by atoms with Crippen LogP contribution < -0.4 is 11.1 Å². The van der Waals surface area contributed by atoms with E-state index in [1.165, 1.54) is 7.11 Å². The lowest BCUT2D eigenvalue weighted by atomic mass is 10.2. The summed E-state index contributed by atoms with van der Waals surface area (Å²) in [4.78, 5) is 11.2. The Morgan fingerprint density at radius 1 is 1.64 bits per heavy atom. The third-order valence-corrected chi connectivity index (χ3v) is 1.93. The molecule has 0 radical (unpaired) electrons. The summed E-state index contributed by atoms with van der Waals surface area (Å²) in [7, 11) is 1.49. The Balaban J connectivity index is 3.53. The number of hydrogen-bond donors (Lipinski definition) is 3. The summed E-state index contributed by atoms with van der Waals surface area (Å²) in [5.41, 5.74) is 5.48. The van der Waals surface area contributed by atoms with Crippen LogP contribution in [0, 0.1) is 0 Å². The summed E-state index contributed by atoms with van der Waals surface area (Å²) in [5.74, 6) is -0.241. The van der Waals surface area contributed by atoms with Crippen LogP contribution in [-0.4, -0.2) is 43.4 Å². The number of amides is 1. The molecule has 0 saturated carbocycles. The summed E-state index contributed by atoms with van der Waals surface area (Å²) in [6, 6.07) is -0.626. The van der Waals surface area contributed by atoms with Crippen LogP contribution in [0.15, 0.2) is 0 Å². The maximum atomic E-state index is 11.2. The van der Waals surface area contributed by atoms with Gasteiger partial charge >= 0.3 is 0 Å². The SMILES string of the molecule is CCC(O)CCNC(=O)C(N)COC. The minimum absolute atomic E-state index is 0.210. The molecule has 0 heterocycles. The second-order valence-electron chi connectivity index (χ2n) is 3.20. The van der Waals surface area contributed by atoms with Crippen molar-refractivity contribution in [2.45, 2.75) is 31.9 Å². The number of rotatable bonds is 7. The van der Waals surface area contributed by atoms with Crippen molar-refractivity contribution >= 4 is 5.91 Å². The third kappa shape index (κ3) is 5.90. The second kappa shape index (κ2) is 7.73. The Labute approximate surface area is 84.6 Å². The average Bonchev–Trinajstić information content (AvgIpc) is 2.17. The highest BCUT2D eigenvalue weighted by Gasteiger charge is 2.12. The summed E-state index contributed by atoms with van der Waals surface area (Å²) in [6.45, 7) is 2.55. The minimum Gasteiger partial charge on any atom is -0.393 e. The number of nitrogens with one attached hydrogen (secondary N) is 1. The van der Waals surface area contributed by atoms with E-state index in [-0.39, 0.29) is 18.6 Å². The maximum absolute atomic E-state index is 11.2. The normalized spacial score (nSPS) is 14.9. The van der Waals surface area contributed by atoms with E-state index in [0.29, 0.717) is 19.4 Å². The molecule has 0 bridgehead atoms. The zero-order valence-corrected chi connectivity index (χ0v) is 8.82. The Morgan fingerprint density at radius 3 is 2.79 bits per heavy atom. The van der Waals surface area contributed by atoms with Gasteiger partial charge in [-0.3, -0.25) is 4.79 Å². The molecule has 0 aromatic heterocycles. The molecule has 0 aromatic rings. The fraction of sp³-hybridized carbons (Fsp3) is 0.889. The Hall–Kier alpha value is -0.650. The van der Waals surface area contributed by atoms with Gasteiger partial charge in [0.2, 0.25) is 5.91 Å². The minimum atomic E-state index is -0.626. The number of carbonyl (C=O) groups is 1. The molecule has 2 unspecified atom stereocenters. The quantitative estimate of drug-likeness (QED) is 0.509. The van der Waals surface area contributed by atoms with Crippen LogP contribution in [-0.2, 0) is 9.53 Å². The van der Waals surface area contributed by atoms with Crippen molar-refractivity contribution in [3.8, 4) is 0 Å². The first kappa shape index (κ1) is 13.4. The van der Waals surface area contributed by atoms with Gasteiger partial charge in [0.25, 0.3) is 0 Å². The molecule has 0 aliphatic rings. The van der Waals surface area contributed by atoms with E-state index in [1.54, 1.807) is 0 Å². The van der Waals surface area contributed by atoms with Gasteiger partial charge in [0.1, 0.15) is 6.04 Å². The van der Waals surface area contributed by atoms with Crippen LogP contribution in [0.3, 0.4) is 0 Å². The third-order valence-electron chi connectivity index (χ3n) is 1.93. The zero-order chi connectivity index (χ0) is 11.0. The number of aliphatic hydroxyl groups is 1. The smallest absolute Gasteiger partial charge is 0.239 e. The Bertz CT molecular complexity index is 164. The van der Waals surface area contributed by atoms with Gasteiger partial charge < -0.3 is 20.9 Å². The standard InChI is InChI=1S/C9H20N2O3/c1-3-7(12)4-5-11-9(13)8(10)6-14-2/h7-8,12H,3-6,10H2,1-2H3,(H,11,13). The topological polar surface area (TPSA) is 84.6 Å². The van der Waals surface area contributed by atoms with Gasteiger partial charge in [0.05, 0.1) is 12.7 Å². The first-order valence-electron chi connectivity index (χ1n) is 4.82. The number of methoxy groups -OCH3 is 1. The van der Waals surface area contributed by atoms with Crippen molar-refractivity contribution in [3.05, 3.63) is 0 Å². The van der Waals surface area contributed by atoms with Crippen LogP contribution in [0.4, 0.5) is 0 Å². The van der Waals surface area contributed by atoms with Crippen LogP contribution in [0.2, 0.25) is 0 Å². The highest BCUT2D eigenvalue weighted by Crippen LogP contribution is 1.94. The molecule has 14 heavy (non-hydrogen) atoms. The number of carbonyl (C=O) groups excluding carboxylic acids is 1. The molecular weight excluding hydrogens is 184 g/mol. The van der Waals surface area contributed by atoms with Crippen LogP contribution in [0.25, 0.3) is 0 Å². The van der Waals surface area contributed by atoms with E-state index in [2.05, 4.69) is 5.32 Å². The fourth-order valence-corrected chi connectivity index (χ4v) is 0.952. The van der Waals surface area contributed by atoms with E-state index in [0.717, 1.165) is 0 Å². The lowest BCUT2D eigenvalue weighted by molar-refractivity contribution is -0.123. The molecule has 0 spiro atoms. The van der Waals surface area contributed by atoms with Crippen LogP contribution in [0.5, 0.6) is 0 Å². The Morgan fingerprint density at radius 2 is 2.29 bits per heavy atom. The van der Waals surface area contributed by atoms with E-state index < -0.39 is 6.04 Å². The molecule has 0 fully saturated rings. The van der Waals surface area contributed by atoms with Gasteiger partial charge in [-0.05, 0) is 12.8 Å². The van der Waals surface area contributed by atoms with Crippen molar-refractivity contribution in [3.63, 3.8) is 0 Å². The molecule has 1 amide bonds. The van der Waals surface area contributed by atoms with Crippen molar-refractivity contribution < 1.29 is 14.6 Å². The van der Waals surface area contributed by atoms with Crippen molar-refractivity contribution in [1.82, 2.24) is 5.32 Å². The van der Waals surface area contributed by atoms with E-state index >= 15 is 0 Å². The second-order valence-corrected chi connectivity index (χ2v) is 3.20. The lowest BCUT2D eigenvalue weighted by Crippen LogP contribution is -2.44. The lowest BCUT2D eigenvalue weighted by Gasteiger charge is -2.12. The van der Waals surface area contributed by atoms with Gasteiger partial charge in [-0.1, -0.05) is 6.92 Å². The highest BCUT2D eigenvalue weighted by molar-refractivity contribution is 5.81. The van der Waals surface area contributed by atoms with Gasteiger partial charge in [-0.25, -0.2) is 0 Å². The Kier molecular flexibility index (Phi) is 7.37. The van der Waals surface area contributed by atoms with Crippen LogP contribution >= 0.6 is 0 Å². The predicted octanol–water partition coefficient (Wildman–Crippen LogP) is -0.763. The number of hydrogen-bond acceptors (Lipinski definition) is 4. The van der Waals surface area contributed by atoms with Crippen molar-refractivity contribution in [2.24, 2.45) is 5.73 Å². The summed E-state index contributed by atoms with van der Waals surface area (Å²) in [6.07, 6.45) is 0.899. The van der Waals surface area contributed by atoms with Crippen molar-refractivity contribution in [2.75, 3.05) is 20.3 Å². The maximum Gasteiger partial charge on any atom is 0.239 e. The molecule has 0 aliphatic heterocycles. The number of ether oxygens (including phenoxy) is 1. The summed E-state index contributed by atoms with van der Waals surface area (Å²) < 4.78 is 4.74. The van der Waals surface area contributed by atoms with Gasteiger partial charge in [-0.2, -0.15) is 0 Å². The highest BCUT2D eigenvalue weighted by atomic mass is 16.5. The van der Waals surface area contributed by atoms with E-state index in [4.69, 9.17) is 10.5 Å². The summed E-state index contributed by atoms with van der Waals surface area (Å²) in [5, 5.41) is 11.8. The predicted molar refractivity (Wildman–Crippen MR) is 53.8 cm³/mol. The zero-order valence-electron chi connectivity index (χ0n) is 8.82. The molecular formula is C9H20N2O3. The molecule has 84 valence electrons. The molecule has 4 N–H and O–H groups in total. The van der Waals surface area contributed by atoms with Crippen molar-refractivity contribution in [1.29, 1.82) is 0 Å². The first-order valence-corrected chi connectivity index (χ1v) is 4.82. The fourth-order valence-electron chi connectivity index (χ4n) is 0.952. The first-order chi connectivity index (χ1) is 6.61. The van der Waals surface area contributed by atoms with Gasteiger partial charge in [0, 0.05) is 13.7 Å². The molecule has 0 saturated heterocycles. The molecule has 2 atom stereocenters.